The second-order valence-electron chi connectivity index (χ2n) is 7.72. The van der Waals surface area contributed by atoms with E-state index in [1.807, 2.05) is 41.3 Å². The Bertz CT molecular complexity index is 1140. The molecule has 31 heavy (non-hydrogen) atoms. The van der Waals surface area contributed by atoms with E-state index in [4.69, 9.17) is 9.47 Å². The summed E-state index contributed by atoms with van der Waals surface area (Å²) in [6.45, 7) is 1.20. The third-order valence-corrected chi connectivity index (χ3v) is 5.89. The fourth-order valence-electron chi connectivity index (χ4n) is 4.29. The van der Waals surface area contributed by atoms with Gasteiger partial charge in [0.25, 0.3) is 5.56 Å². The number of ether oxygens (including phenoxy) is 2. The molecule has 2 heterocycles. The minimum Gasteiger partial charge on any atom is -0.497 e. The highest BCUT2D eigenvalue weighted by molar-refractivity contribution is 5.77. The number of amides is 1. The van der Waals surface area contributed by atoms with Gasteiger partial charge in [0.2, 0.25) is 5.91 Å². The standard InChI is InChI=1S/C24H27N3O4/c1-30-17-11-12-19(22(15-17)31-2)21-9-5-14-27(21)23(28)10-6-13-26-16-25-20-8-4-3-7-18(20)24(26)29/h3-4,7-8,11-12,15-16,21H,5-6,9-10,13-14H2,1-2H3. The highest BCUT2D eigenvalue weighted by Gasteiger charge is 2.31. The summed E-state index contributed by atoms with van der Waals surface area (Å²) in [4.78, 5) is 31.9. The Labute approximate surface area is 181 Å². The quantitative estimate of drug-likeness (QED) is 0.583. The number of hydrogen-bond acceptors (Lipinski definition) is 5. The monoisotopic (exact) mass is 421 g/mol. The van der Waals surface area contributed by atoms with Crippen molar-refractivity contribution in [2.75, 3.05) is 20.8 Å². The summed E-state index contributed by atoms with van der Waals surface area (Å²) in [7, 11) is 3.25. The van der Waals surface area contributed by atoms with E-state index >= 15 is 0 Å². The number of carbonyl (C=O) groups excluding carboxylic acids is 1. The van der Waals surface area contributed by atoms with Crippen LogP contribution in [0, 0.1) is 0 Å². The zero-order valence-electron chi connectivity index (χ0n) is 17.9. The van der Waals surface area contributed by atoms with Gasteiger partial charge in [-0.05, 0) is 43.5 Å². The molecule has 1 aliphatic rings. The van der Waals surface area contributed by atoms with Crippen LogP contribution in [0.2, 0.25) is 0 Å². The SMILES string of the molecule is COc1ccc(C2CCCN2C(=O)CCCn2cnc3ccccc3c2=O)c(OC)c1. The molecule has 0 bridgehead atoms. The molecule has 0 spiro atoms. The van der Waals surface area contributed by atoms with Crippen molar-refractivity contribution in [3.05, 3.63) is 64.7 Å². The Kier molecular flexibility index (Phi) is 6.21. The van der Waals surface area contributed by atoms with Crippen molar-refractivity contribution in [2.24, 2.45) is 0 Å². The van der Waals surface area contributed by atoms with Crippen molar-refractivity contribution in [3.8, 4) is 11.5 Å². The largest absolute Gasteiger partial charge is 0.497 e. The summed E-state index contributed by atoms with van der Waals surface area (Å²) in [5.74, 6) is 1.56. The Hall–Kier alpha value is -3.35. The van der Waals surface area contributed by atoms with Crippen molar-refractivity contribution in [1.82, 2.24) is 14.5 Å². The normalized spacial score (nSPS) is 15.9. The number of hydrogen-bond donors (Lipinski definition) is 0. The molecule has 1 amide bonds. The van der Waals surface area contributed by atoms with Crippen molar-refractivity contribution in [1.29, 1.82) is 0 Å². The number of aromatic nitrogens is 2. The zero-order valence-corrected chi connectivity index (χ0v) is 17.9. The van der Waals surface area contributed by atoms with Crippen molar-refractivity contribution in [3.63, 3.8) is 0 Å². The third kappa shape index (κ3) is 4.26. The van der Waals surface area contributed by atoms with Gasteiger partial charge in [0, 0.05) is 31.1 Å². The van der Waals surface area contributed by atoms with Crippen LogP contribution < -0.4 is 15.0 Å². The van der Waals surface area contributed by atoms with E-state index in [0.717, 1.165) is 36.4 Å². The van der Waals surface area contributed by atoms with Crippen LogP contribution in [0.4, 0.5) is 0 Å². The molecule has 3 aromatic rings. The fourth-order valence-corrected chi connectivity index (χ4v) is 4.29. The maximum absolute atomic E-state index is 13.0. The lowest BCUT2D eigenvalue weighted by Crippen LogP contribution is -2.31. The number of carbonyl (C=O) groups is 1. The number of benzene rings is 2. The van der Waals surface area contributed by atoms with Crippen molar-refractivity contribution < 1.29 is 14.3 Å². The highest BCUT2D eigenvalue weighted by Crippen LogP contribution is 2.39. The minimum absolute atomic E-state index is 0.00147. The van der Waals surface area contributed by atoms with Crippen LogP contribution in [0.5, 0.6) is 11.5 Å². The van der Waals surface area contributed by atoms with Gasteiger partial charge in [0.15, 0.2) is 0 Å². The molecule has 7 heteroatoms. The van der Waals surface area contributed by atoms with E-state index in [1.54, 1.807) is 31.2 Å². The van der Waals surface area contributed by atoms with Gasteiger partial charge in [-0.25, -0.2) is 4.98 Å². The van der Waals surface area contributed by atoms with E-state index in [9.17, 15) is 9.59 Å². The number of rotatable bonds is 7. The van der Waals surface area contributed by atoms with E-state index in [1.165, 1.54) is 0 Å². The minimum atomic E-state index is -0.0694. The van der Waals surface area contributed by atoms with Gasteiger partial charge >= 0.3 is 0 Å². The third-order valence-electron chi connectivity index (χ3n) is 5.89. The molecule has 162 valence electrons. The molecular formula is C24H27N3O4. The lowest BCUT2D eigenvalue weighted by Gasteiger charge is -2.26. The van der Waals surface area contributed by atoms with Gasteiger partial charge < -0.3 is 14.4 Å². The molecule has 1 aromatic heterocycles. The maximum atomic E-state index is 13.0. The van der Waals surface area contributed by atoms with Crippen LogP contribution in [0.15, 0.2) is 53.6 Å². The summed E-state index contributed by atoms with van der Waals surface area (Å²) in [5, 5.41) is 0.600. The molecule has 1 fully saturated rings. The van der Waals surface area contributed by atoms with Crippen LogP contribution in [0.25, 0.3) is 10.9 Å². The van der Waals surface area contributed by atoms with E-state index in [0.29, 0.717) is 30.3 Å². The van der Waals surface area contributed by atoms with Gasteiger partial charge in [0.05, 0.1) is 37.5 Å². The molecule has 7 nitrogen and oxygen atoms in total. The van der Waals surface area contributed by atoms with Crippen molar-refractivity contribution in [2.45, 2.75) is 38.3 Å². The molecule has 4 rings (SSSR count). The molecule has 0 radical (unpaired) electrons. The van der Waals surface area contributed by atoms with Crippen LogP contribution in [0.3, 0.4) is 0 Å². The Morgan fingerprint density at radius 1 is 1.16 bits per heavy atom. The van der Waals surface area contributed by atoms with Gasteiger partial charge in [-0.3, -0.25) is 14.2 Å². The second-order valence-corrected chi connectivity index (χ2v) is 7.72. The summed E-state index contributed by atoms with van der Waals surface area (Å²) >= 11 is 0. The second kappa shape index (κ2) is 9.20. The molecule has 0 saturated carbocycles. The van der Waals surface area contributed by atoms with E-state index in [-0.39, 0.29) is 17.5 Å². The first-order valence-corrected chi connectivity index (χ1v) is 10.6. The van der Waals surface area contributed by atoms with Crippen LogP contribution in [-0.4, -0.2) is 41.1 Å². The molecule has 1 saturated heterocycles. The number of aryl methyl sites for hydroxylation is 1. The molecule has 2 aromatic carbocycles. The van der Waals surface area contributed by atoms with Gasteiger partial charge in [-0.1, -0.05) is 12.1 Å². The molecule has 1 atom stereocenters. The Morgan fingerprint density at radius 3 is 2.81 bits per heavy atom. The topological polar surface area (TPSA) is 73.7 Å². The molecule has 1 unspecified atom stereocenters. The van der Waals surface area contributed by atoms with Crippen LogP contribution >= 0.6 is 0 Å². The van der Waals surface area contributed by atoms with Crippen LogP contribution in [-0.2, 0) is 11.3 Å². The first-order chi connectivity index (χ1) is 15.1. The average Bonchev–Trinajstić information content (AvgIpc) is 3.30. The Morgan fingerprint density at radius 2 is 2.00 bits per heavy atom. The van der Waals surface area contributed by atoms with Crippen LogP contribution in [0.1, 0.15) is 37.3 Å². The predicted octanol–water partition coefficient (Wildman–Crippen LogP) is 3.56. The molecule has 0 N–H and O–H groups in total. The lowest BCUT2D eigenvalue weighted by molar-refractivity contribution is -0.132. The lowest BCUT2D eigenvalue weighted by atomic mass is 10.0. The van der Waals surface area contributed by atoms with Gasteiger partial charge in [0.1, 0.15) is 11.5 Å². The summed E-state index contributed by atoms with van der Waals surface area (Å²) in [6.07, 6.45) is 4.40. The molecule has 0 aliphatic carbocycles. The molecule has 1 aliphatic heterocycles. The summed E-state index contributed by atoms with van der Waals surface area (Å²) in [6, 6.07) is 13.0. The van der Waals surface area contributed by atoms with Gasteiger partial charge in [-0.15, -0.1) is 0 Å². The molecular weight excluding hydrogens is 394 g/mol. The first-order valence-electron chi connectivity index (χ1n) is 10.6. The zero-order chi connectivity index (χ0) is 21.8. The van der Waals surface area contributed by atoms with Crippen molar-refractivity contribution >= 4 is 16.8 Å². The van der Waals surface area contributed by atoms with Gasteiger partial charge in [-0.2, -0.15) is 0 Å². The smallest absolute Gasteiger partial charge is 0.261 e. The number of likely N-dealkylation sites (tertiary alicyclic amines) is 1. The number of para-hydroxylation sites is 1. The average molecular weight is 421 g/mol. The number of fused-ring (bicyclic) bond motifs is 1. The number of nitrogens with zero attached hydrogens (tertiary/aromatic N) is 3. The highest BCUT2D eigenvalue weighted by atomic mass is 16.5. The summed E-state index contributed by atoms with van der Waals surface area (Å²) < 4.78 is 12.4. The maximum Gasteiger partial charge on any atom is 0.261 e. The predicted molar refractivity (Wildman–Crippen MR) is 118 cm³/mol. The summed E-state index contributed by atoms with van der Waals surface area (Å²) in [5.41, 5.74) is 1.62. The number of methoxy groups -OCH3 is 2. The Balaban J connectivity index is 1.43. The first kappa shape index (κ1) is 20.9. The van der Waals surface area contributed by atoms with E-state index in [2.05, 4.69) is 4.98 Å². The van der Waals surface area contributed by atoms with E-state index < -0.39 is 0 Å². The fraction of sp³-hybridized carbons (Fsp3) is 0.375.